The van der Waals surface area contributed by atoms with Crippen LogP contribution in [0.5, 0.6) is 0 Å². The highest BCUT2D eigenvalue weighted by Crippen LogP contribution is 2.37. The first kappa shape index (κ1) is 23.7. The van der Waals surface area contributed by atoms with Gasteiger partial charge in [-0.2, -0.15) is 0 Å². The number of esters is 1. The molecule has 1 heterocycles. The molecule has 0 unspecified atom stereocenters. The van der Waals surface area contributed by atoms with E-state index in [1.807, 2.05) is 0 Å². The highest BCUT2D eigenvalue weighted by molar-refractivity contribution is 7.90. The fourth-order valence-corrected chi connectivity index (χ4v) is 4.67. The van der Waals surface area contributed by atoms with Crippen molar-refractivity contribution in [3.05, 3.63) is 24.3 Å². The number of carbonyl (C=O) groups is 4. The van der Waals surface area contributed by atoms with Crippen molar-refractivity contribution in [1.29, 1.82) is 0 Å². The van der Waals surface area contributed by atoms with Gasteiger partial charge in [0.1, 0.15) is 12.1 Å². The summed E-state index contributed by atoms with van der Waals surface area (Å²) >= 11 is 0. The van der Waals surface area contributed by atoms with Crippen molar-refractivity contribution in [3.63, 3.8) is 0 Å². The lowest BCUT2D eigenvalue weighted by Gasteiger charge is -2.34. The summed E-state index contributed by atoms with van der Waals surface area (Å²) in [6, 6.07) is 4.89. The molecule has 32 heavy (non-hydrogen) atoms. The maximum Gasteiger partial charge on any atom is 0.326 e. The second kappa shape index (κ2) is 9.27. The molecule has 2 N–H and O–H groups in total. The fraction of sp³-hybridized carbons (Fsp3) is 0.524. The molecule has 4 amide bonds. The molecular formula is C21H27N3O7S. The molecule has 10 nitrogen and oxygen atoms in total. The average Bonchev–Trinajstić information content (AvgIpc) is 2.96. The SMILES string of the molecule is CCC1CCC2(CC1)NC(=O)N(CC(=O)OCC(=O)Nc1ccc(S(C)(=O)=O)cc1)C2=O. The number of nitrogens with one attached hydrogen (secondary N) is 2. The van der Waals surface area contributed by atoms with E-state index in [1.54, 1.807) is 0 Å². The monoisotopic (exact) mass is 465 g/mol. The predicted octanol–water partition coefficient (Wildman–Crippen LogP) is 1.46. The van der Waals surface area contributed by atoms with Crippen LogP contribution >= 0.6 is 0 Å². The Bertz CT molecular complexity index is 1010. The molecule has 1 spiro atoms. The standard InChI is InChI=1S/C21H27N3O7S/c1-3-14-8-10-21(11-9-14)19(27)24(20(28)23-21)12-18(26)31-13-17(25)22-15-4-6-16(7-5-15)32(2,29)30/h4-7,14H,3,8-13H2,1-2H3,(H,22,25)(H,23,28). The van der Waals surface area contributed by atoms with Gasteiger partial charge in [0.05, 0.1) is 4.90 Å². The van der Waals surface area contributed by atoms with E-state index in [9.17, 15) is 27.6 Å². The van der Waals surface area contributed by atoms with E-state index in [1.165, 1.54) is 24.3 Å². The van der Waals surface area contributed by atoms with Gasteiger partial charge < -0.3 is 15.4 Å². The van der Waals surface area contributed by atoms with Crippen molar-refractivity contribution in [2.45, 2.75) is 49.5 Å². The average molecular weight is 466 g/mol. The van der Waals surface area contributed by atoms with E-state index in [0.29, 0.717) is 24.4 Å². The number of rotatable bonds is 7. The molecule has 0 bridgehead atoms. The molecule has 1 aromatic rings. The smallest absolute Gasteiger partial charge is 0.326 e. The molecule has 0 radical (unpaired) electrons. The summed E-state index contributed by atoms with van der Waals surface area (Å²) in [5.41, 5.74) is -0.615. The lowest BCUT2D eigenvalue weighted by molar-refractivity contribution is -0.150. The molecule has 1 aromatic carbocycles. The molecule has 2 fully saturated rings. The zero-order chi connectivity index (χ0) is 23.5. The third-order valence-corrected chi connectivity index (χ3v) is 7.13. The van der Waals surface area contributed by atoms with Gasteiger partial charge >= 0.3 is 12.0 Å². The molecule has 174 valence electrons. The van der Waals surface area contributed by atoms with E-state index >= 15 is 0 Å². The molecule has 0 aromatic heterocycles. The molecule has 2 aliphatic rings. The fourth-order valence-electron chi connectivity index (χ4n) is 4.04. The van der Waals surface area contributed by atoms with E-state index in [0.717, 1.165) is 30.4 Å². The summed E-state index contributed by atoms with van der Waals surface area (Å²) in [5, 5.41) is 5.21. The van der Waals surface area contributed by atoms with Crippen LogP contribution in [-0.4, -0.2) is 62.1 Å². The Balaban J connectivity index is 1.49. The van der Waals surface area contributed by atoms with Gasteiger partial charge in [-0.15, -0.1) is 0 Å². The number of ether oxygens (including phenoxy) is 1. The summed E-state index contributed by atoms with van der Waals surface area (Å²) in [7, 11) is -3.35. The van der Waals surface area contributed by atoms with Gasteiger partial charge in [-0.3, -0.25) is 19.3 Å². The maximum absolute atomic E-state index is 12.8. The van der Waals surface area contributed by atoms with E-state index < -0.39 is 52.3 Å². The summed E-state index contributed by atoms with van der Waals surface area (Å²) in [5.74, 6) is -1.41. The van der Waals surface area contributed by atoms with Gasteiger partial charge in [0.15, 0.2) is 16.4 Å². The van der Waals surface area contributed by atoms with Crippen molar-refractivity contribution in [1.82, 2.24) is 10.2 Å². The molecule has 1 saturated heterocycles. The van der Waals surface area contributed by atoms with Gasteiger partial charge in [-0.25, -0.2) is 13.2 Å². The van der Waals surface area contributed by atoms with Crippen LogP contribution < -0.4 is 10.6 Å². The topological polar surface area (TPSA) is 139 Å². The number of anilines is 1. The van der Waals surface area contributed by atoms with Crippen molar-refractivity contribution in [2.24, 2.45) is 5.92 Å². The molecule has 1 aliphatic heterocycles. The Morgan fingerprint density at radius 2 is 1.81 bits per heavy atom. The third kappa shape index (κ3) is 5.26. The first-order valence-corrected chi connectivity index (χ1v) is 12.3. The Kier molecular flexibility index (Phi) is 6.87. The first-order valence-electron chi connectivity index (χ1n) is 10.4. The van der Waals surface area contributed by atoms with Crippen LogP contribution in [-0.2, 0) is 29.0 Å². The lowest BCUT2D eigenvalue weighted by Crippen LogP contribution is -2.49. The number of benzene rings is 1. The van der Waals surface area contributed by atoms with Crippen LogP contribution in [0.15, 0.2) is 29.2 Å². The molecule has 1 saturated carbocycles. The second-order valence-corrected chi connectivity index (χ2v) is 10.3. The predicted molar refractivity (Wildman–Crippen MR) is 114 cm³/mol. The van der Waals surface area contributed by atoms with Gasteiger partial charge in [0.2, 0.25) is 0 Å². The number of nitrogens with zero attached hydrogens (tertiary/aromatic N) is 1. The maximum atomic E-state index is 12.8. The van der Waals surface area contributed by atoms with Crippen LogP contribution in [0, 0.1) is 5.92 Å². The molecule has 11 heteroatoms. The summed E-state index contributed by atoms with van der Waals surface area (Å²) in [6.45, 7) is 0.917. The number of carbonyl (C=O) groups excluding carboxylic acids is 4. The molecule has 0 atom stereocenters. The van der Waals surface area contributed by atoms with Crippen molar-refractivity contribution in [3.8, 4) is 0 Å². The Morgan fingerprint density at radius 3 is 2.38 bits per heavy atom. The molecule has 1 aliphatic carbocycles. The largest absolute Gasteiger partial charge is 0.454 e. The zero-order valence-electron chi connectivity index (χ0n) is 18.0. The van der Waals surface area contributed by atoms with E-state index in [2.05, 4.69) is 17.6 Å². The third-order valence-electron chi connectivity index (χ3n) is 6.00. The normalized spacial score (nSPS) is 23.2. The minimum Gasteiger partial charge on any atom is -0.454 e. The van der Waals surface area contributed by atoms with Crippen LogP contribution in [0.2, 0.25) is 0 Å². The van der Waals surface area contributed by atoms with Crippen molar-refractivity contribution < 1.29 is 32.3 Å². The summed E-state index contributed by atoms with van der Waals surface area (Å²) in [6.07, 6.45) is 4.87. The van der Waals surface area contributed by atoms with Crippen LogP contribution in [0.3, 0.4) is 0 Å². The van der Waals surface area contributed by atoms with Gasteiger partial charge in [0.25, 0.3) is 11.8 Å². The minimum absolute atomic E-state index is 0.108. The lowest BCUT2D eigenvalue weighted by atomic mass is 9.75. The number of hydrogen-bond acceptors (Lipinski definition) is 7. The Hall–Kier alpha value is -2.95. The van der Waals surface area contributed by atoms with Crippen molar-refractivity contribution >= 4 is 39.3 Å². The second-order valence-electron chi connectivity index (χ2n) is 8.26. The Morgan fingerprint density at radius 1 is 1.19 bits per heavy atom. The van der Waals surface area contributed by atoms with Gasteiger partial charge in [-0.1, -0.05) is 13.3 Å². The van der Waals surface area contributed by atoms with Crippen LogP contribution in [0.1, 0.15) is 39.0 Å². The minimum atomic E-state index is -3.35. The highest BCUT2D eigenvalue weighted by Gasteiger charge is 2.52. The number of urea groups is 1. The van der Waals surface area contributed by atoms with Gasteiger partial charge in [-0.05, 0) is 55.9 Å². The molecular weight excluding hydrogens is 438 g/mol. The van der Waals surface area contributed by atoms with E-state index in [-0.39, 0.29) is 4.90 Å². The van der Waals surface area contributed by atoms with Crippen molar-refractivity contribution in [2.75, 3.05) is 24.7 Å². The van der Waals surface area contributed by atoms with Crippen LogP contribution in [0.4, 0.5) is 10.5 Å². The van der Waals surface area contributed by atoms with Gasteiger partial charge in [0, 0.05) is 11.9 Å². The van der Waals surface area contributed by atoms with E-state index in [4.69, 9.17) is 4.74 Å². The number of imide groups is 1. The van der Waals surface area contributed by atoms with Crippen LogP contribution in [0.25, 0.3) is 0 Å². The zero-order valence-corrected chi connectivity index (χ0v) is 18.9. The number of sulfone groups is 1. The quantitative estimate of drug-likeness (QED) is 0.459. The molecule has 3 rings (SSSR count). The first-order chi connectivity index (χ1) is 15.0. The summed E-state index contributed by atoms with van der Waals surface area (Å²) < 4.78 is 27.8. The number of amides is 4. The summed E-state index contributed by atoms with van der Waals surface area (Å²) in [4.78, 5) is 50.2. The highest BCUT2D eigenvalue weighted by atomic mass is 32.2. The number of hydrogen-bond donors (Lipinski definition) is 2. The Labute approximate surface area is 186 Å².